The predicted molar refractivity (Wildman–Crippen MR) is 112 cm³/mol. The van der Waals surface area contributed by atoms with Gasteiger partial charge in [0.15, 0.2) is 5.82 Å². The normalized spacial score (nSPS) is 11.0. The highest BCUT2D eigenvalue weighted by Gasteiger charge is 2.16. The highest BCUT2D eigenvalue weighted by Crippen LogP contribution is 2.38. The van der Waals surface area contributed by atoms with E-state index in [9.17, 15) is 0 Å². The number of hydrogen-bond donors (Lipinski definition) is 1. The second-order valence-corrected chi connectivity index (χ2v) is 7.10. The van der Waals surface area contributed by atoms with Gasteiger partial charge in [0.25, 0.3) is 0 Å². The lowest BCUT2D eigenvalue weighted by Gasteiger charge is -2.10. The summed E-state index contributed by atoms with van der Waals surface area (Å²) in [5.74, 6) is 2.24. The third kappa shape index (κ3) is 3.14. The molecule has 136 valence electrons. The van der Waals surface area contributed by atoms with Crippen LogP contribution in [-0.2, 0) is 6.54 Å². The minimum Gasteiger partial charge on any atom is -0.467 e. The Morgan fingerprint density at radius 3 is 2.61 bits per heavy atom. The SMILES string of the molecule is c1ccc(-c2csc3nc(-c4ccccn4)nc(NCc4ccco4)c23)cc1. The van der Waals surface area contributed by atoms with Crippen molar-refractivity contribution < 1.29 is 4.42 Å². The van der Waals surface area contributed by atoms with Gasteiger partial charge in [0.2, 0.25) is 0 Å². The summed E-state index contributed by atoms with van der Waals surface area (Å²) in [5, 5.41) is 6.58. The molecule has 0 fully saturated rings. The van der Waals surface area contributed by atoms with E-state index in [2.05, 4.69) is 27.8 Å². The van der Waals surface area contributed by atoms with Gasteiger partial charge < -0.3 is 9.73 Å². The number of nitrogens with zero attached hydrogens (tertiary/aromatic N) is 3. The number of rotatable bonds is 5. The Bertz CT molecular complexity index is 1200. The standard InChI is InChI=1S/C22H16N4OS/c1-2-7-15(8-3-1)17-14-28-22-19(17)21(24-13-16-9-6-12-27-16)25-20(26-22)18-10-4-5-11-23-18/h1-12,14H,13H2,(H,24,25,26). The molecule has 4 heterocycles. The van der Waals surface area contributed by atoms with Crippen LogP contribution in [0.15, 0.2) is 82.9 Å². The van der Waals surface area contributed by atoms with Crippen LogP contribution < -0.4 is 5.32 Å². The zero-order valence-electron chi connectivity index (χ0n) is 14.9. The lowest BCUT2D eigenvalue weighted by atomic mass is 10.1. The molecule has 5 nitrogen and oxygen atoms in total. The molecule has 4 aromatic heterocycles. The molecular formula is C22H16N4OS. The van der Waals surface area contributed by atoms with Gasteiger partial charge in [0.1, 0.15) is 22.1 Å². The number of fused-ring (bicyclic) bond motifs is 1. The van der Waals surface area contributed by atoms with Crippen molar-refractivity contribution in [3.05, 3.63) is 84.3 Å². The average Bonchev–Trinajstić information content (AvgIpc) is 3.43. The summed E-state index contributed by atoms with van der Waals surface area (Å²) in [6.07, 6.45) is 3.43. The molecule has 1 aromatic carbocycles. The second kappa shape index (κ2) is 7.25. The van der Waals surface area contributed by atoms with Crippen LogP contribution in [0.3, 0.4) is 0 Å². The smallest absolute Gasteiger partial charge is 0.181 e. The van der Waals surface area contributed by atoms with Crippen molar-refractivity contribution in [1.29, 1.82) is 0 Å². The van der Waals surface area contributed by atoms with E-state index in [4.69, 9.17) is 14.4 Å². The average molecular weight is 384 g/mol. The highest BCUT2D eigenvalue weighted by atomic mass is 32.1. The van der Waals surface area contributed by atoms with Crippen molar-refractivity contribution in [3.8, 4) is 22.6 Å². The maximum Gasteiger partial charge on any atom is 0.181 e. The van der Waals surface area contributed by atoms with Crippen molar-refractivity contribution in [2.45, 2.75) is 6.54 Å². The van der Waals surface area contributed by atoms with Gasteiger partial charge in [-0.3, -0.25) is 4.98 Å². The first-order chi connectivity index (χ1) is 13.9. The quantitative estimate of drug-likeness (QED) is 0.426. The van der Waals surface area contributed by atoms with Crippen LogP contribution in [0.1, 0.15) is 5.76 Å². The lowest BCUT2D eigenvalue weighted by molar-refractivity contribution is 0.518. The number of furan rings is 1. The summed E-state index contributed by atoms with van der Waals surface area (Å²) in [7, 11) is 0. The summed E-state index contributed by atoms with van der Waals surface area (Å²) < 4.78 is 5.46. The molecule has 0 unspecified atom stereocenters. The Morgan fingerprint density at radius 2 is 1.82 bits per heavy atom. The first-order valence-electron chi connectivity index (χ1n) is 8.91. The molecule has 0 spiro atoms. The Hall–Kier alpha value is -3.51. The van der Waals surface area contributed by atoms with E-state index in [1.165, 1.54) is 0 Å². The Morgan fingerprint density at radius 1 is 0.929 bits per heavy atom. The fourth-order valence-corrected chi connectivity index (χ4v) is 4.04. The van der Waals surface area contributed by atoms with Gasteiger partial charge in [-0.2, -0.15) is 0 Å². The minimum atomic E-state index is 0.546. The van der Waals surface area contributed by atoms with Crippen molar-refractivity contribution in [2.75, 3.05) is 5.32 Å². The van der Waals surface area contributed by atoms with Crippen LogP contribution in [0.4, 0.5) is 5.82 Å². The van der Waals surface area contributed by atoms with Crippen LogP contribution in [0, 0.1) is 0 Å². The third-order valence-electron chi connectivity index (χ3n) is 4.42. The molecule has 0 bridgehead atoms. The topological polar surface area (TPSA) is 63.8 Å². The van der Waals surface area contributed by atoms with Gasteiger partial charge in [-0.1, -0.05) is 36.4 Å². The summed E-state index contributed by atoms with van der Waals surface area (Å²) in [5.41, 5.74) is 3.01. The van der Waals surface area contributed by atoms with E-state index in [1.807, 2.05) is 48.5 Å². The molecule has 0 radical (unpaired) electrons. The second-order valence-electron chi connectivity index (χ2n) is 6.24. The number of anilines is 1. The summed E-state index contributed by atoms with van der Waals surface area (Å²) in [6, 6.07) is 19.9. The van der Waals surface area contributed by atoms with E-state index in [-0.39, 0.29) is 0 Å². The highest BCUT2D eigenvalue weighted by molar-refractivity contribution is 7.17. The molecule has 0 atom stereocenters. The monoisotopic (exact) mass is 384 g/mol. The van der Waals surface area contributed by atoms with Crippen LogP contribution in [0.2, 0.25) is 0 Å². The summed E-state index contributed by atoms with van der Waals surface area (Å²) in [4.78, 5) is 14.9. The molecule has 0 aliphatic carbocycles. The van der Waals surface area contributed by atoms with E-state index in [1.54, 1.807) is 23.8 Å². The maximum atomic E-state index is 5.46. The fraction of sp³-hybridized carbons (Fsp3) is 0.0455. The van der Waals surface area contributed by atoms with Crippen LogP contribution in [0.5, 0.6) is 0 Å². The number of pyridine rings is 1. The van der Waals surface area contributed by atoms with Gasteiger partial charge in [-0.25, -0.2) is 9.97 Å². The van der Waals surface area contributed by atoms with Gasteiger partial charge in [0.05, 0.1) is 18.2 Å². The van der Waals surface area contributed by atoms with Crippen molar-refractivity contribution >= 4 is 27.4 Å². The summed E-state index contributed by atoms with van der Waals surface area (Å²) in [6.45, 7) is 0.546. The first-order valence-corrected chi connectivity index (χ1v) is 9.79. The number of nitrogens with one attached hydrogen (secondary N) is 1. The number of thiophene rings is 1. The van der Waals surface area contributed by atoms with Gasteiger partial charge in [-0.05, 0) is 29.8 Å². The molecular weight excluding hydrogens is 368 g/mol. The number of hydrogen-bond acceptors (Lipinski definition) is 6. The van der Waals surface area contributed by atoms with Gasteiger partial charge in [-0.15, -0.1) is 11.3 Å². The maximum absolute atomic E-state index is 5.46. The van der Waals surface area contributed by atoms with Crippen LogP contribution in [0.25, 0.3) is 32.9 Å². The van der Waals surface area contributed by atoms with Gasteiger partial charge >= 0.3 is 0 Å². The lowest BCUT2D eigenvalue weighted by Crippen LogP contribution is -2.03. The third-order valence-corrected chi connectivity index (χ3v) is 5.29. The molecule has 5 rings (SSSR count). The molecule has 5 aromatic rings. The Kier molecular flexibility index (Phi) is 4.31. The predicted octanol–water partition coefficient (Wildman–Crippen LogP) is 5.63. The van der Waals surface area contributed by atoms with Crippen LogP contribution >= 0.6 is 11.3 Å². The zero-order valence-corrected chi connectivity index (χ0v) is 15.7. The molecule has 0 saturated heterocycles. The Balaban J connectivity index is 1.66. The molecule has 0 aliphatic heterocycles. The molecule has 6 heteroatoms. The Labute approximate surface area is 165 Å². The fourth-order valence-electron chi connectivity index (χ4n) is 3.09. The minimum absolute atomic E-state index is 0.546. The van der Waals surface area contributed by atoms with E-state index < -0.39 is 0 Å². The molecule has 0 aliphatic rings. The van der Waals surface area contributed by atoms with E-state index in [0.717, 1.165) is 38.6 Å². The van der Waals surface area contributed by atoms with E-state index >= 15 is 0 Å². The molecule has 1 N–H and O–H groups in total. The van der Waals surface area contributed by atoms with Crippen molar-refractivity contribution in [2.24, 2.45) is 0 Å². The molecule has 28 heavy (non-hydrogen) atoms. The molecule has 0 amide bonds. The molecule has 0 saturated carbocycles. The zero-order chi connectivity index (χ0) is 18.8. The van der Waals surface area contributed by atoms with Crippen LogP contribution in [-0.4, -0.2) is 15.0 Å². The van der Waals surface area contributed by atoms with Crippen molar-refractivity contribution in [1.82, 2.24) is 15.0 Å². The number of benzene rings is 1. The summed E-state index contributed by atoms with van der Waals surface area (Å²) >= 11 is 1.61. The first kappa shape index (κ1) is 16.6. The van der Waals surface area contributed by atoms with Crippen molar-refractivity contribution in [3.63, 3.8) is 0 Å². The van der Waals surface area contributed by atoms with Gasteiger partial charge in [0, 0.05) is 17.1 Å². The number of aromatic nitrogens is 3. The van der Waals surface area contributed by atoms with E-state index in [0.29, 0.717) is 12.4 Å². The largest absolute Gasteiger partial charge is 0.467 e.